The normalized spacial score (nSPS) is 22.1. The summed E-state index contributed by atoms with van der Waals surface area (Å²) >= 11 is 0. The van der Waals surface area contributed by atoms with Gasteiger partial charge in [0.15, 0.2) is 5.84 Å². The molecular weight excluding hydrogens is 244 g/mol. The second-order valence-corrected chi connectivity index (χ2v) is 5.88. The molecule has 0 aromatic heterocycles. The van der Waals surface area contributed by atoms with Gasteiger partial charge in [0.25, 0.3) is 10.2 Å². The van der Waals surface area contributed by atoms with Crippen LogP contribution in [0.1, 0.15) is 32.6 Å². The van der Waals surface area contributed by atoms with Gasteiger partial charge in [-0.3, -0.25) is 0 Å². The van der Waals surface area contributed by atoms with Gasteiger partial charge in [0, 0.05) is 13.1 Å². The van der Waals surface area contributed by atoms with Crippen molar-refractivity contribution in [3.63, 3.8) is 0 Å². The highest BCUT2D eigenvalue weighted by atomic mass is 32.2. The predicted octanol–water partition coefficient (Wildman–Crippen LogP) is -0.168. The standard InChI is InChI=1S/C9H20N4O3S/c1-8(9(10)11-14)12-17(15,16)13-6-4-2-3-5-7-13/h8,12,14H,2-7H2,1H3,(H2,10,11). The molecule has 0 spiro atoms. The van der Waals surface area contributed by atoms with E-state index in [4.69, 9.17) is 10.9 Å². The molecule has 1 aliphatic rings. The van der Waals surface area contributed by atoms with Crippen LogP contribution in [0.3, 0.4) is 0 Å². The van der Waals surface area contributed by atoms with E-state index in [0.717, 1.165) is 25.7 Å². The van der Waals surface area contributed by atoms with Crippen LogP contribution in [-0.2, 0) is 10.2 Å². The fraction of sp³-hybridized carbons (Fsp3) is 0.889. The van der Waals surface area contributed by atoms with Crippen LogP contribution < -0.4 is 10.5 Å². The minimum atomic E-state index is -3.55. The summed E-state index contributed by atoms with van der Waals surface area (Å²) in [5.74, 6) is -0.150. The Labute approximate surface area is 102 Å². The largest absolute Gasteiger partial charge is 0.409 e. The molecule has 0 saturated carbocycles. The van der Waals surface area contributed by atoms with Crippen molar-refractivity contribution in [2.45, 2.75) is 38.6 Å². The van der Waals surface area contributed by atoms with Crippen molar-refractivity contribution in [1.29, 1.82) is 0 Å². The van der Waals surface area contributed by atoms with E-state index in [9.17, 15) is 8.42 Å². The Morgan fingerprint density at radius 3 is 2.35 bits per heavy atom. The highest BCUT2D eigenvalue weighted by Crippen LogP contribution is 2.12. The zero-order valence-corrected chi connectivity index (χ0v) is 10.8. The van der Waals surface area contributed by atoms with Crippen molar-refractivity contribution in [3.8, 4) is 0 Å². The molecule has 1 rings (SSSR count). The molecule has 0 aliphatic carbocycles. The fourth-order valence-corrected chi connectivity index (χ4v) is 3.18. The number of hydrogen-bond acceptors (Lipinski definition) is 4. The first-order valence-electron chi connectivity index (χ1n) is 5.72. The minimum absolute atomic E-state index is 0.150. The van der Waals surface area contributed by atoms with E-state index < -0.39 is 16.3 Å². The molecule has 1 unspecified atom stereocenters. The molecule has 4 N–H and O–H groups in total. The van der Waals surface area contributed by atoms with Crippen LogP contribution in [0.5, 0.6) is 0 Å². The van der Waals surface area contributed by atoms with Crippen molar-refractivity contribution in [2.24, 2.45) is 10.9 Å². The number of nitrogens with zero attached hydrogens (tertiary/aromatic N) is 2. The second-order valence-electron chi connectivity index (χ2n) is 4.18. The number of oxime groups is 1. The van der Waals surface area contributed by atoms with Crippen molar-refractivity contribution >= 4 is 16.0 Å². The number of amidine groups is 1. The van der Waals surface area contributed by atoms with Crippen LogP contribution in [0.4, 0.5) is 0 Å². The van der Waals surface area contributed by atoms with Crippen LogP contribution in [-0.4, -0.2) is 42.9 Å². The van der Waals surface area contributed by atoms with Gasteiger partial charge in [0.1, 0.15) is 0 Å². The average molecular weight is 264 g/mol. The summed E-state index contributed by atoms with van der Waals surface area (Å²) in [6, 6.07) is -0.715. The second kappa shape index (κ2) is 6.18. The minimum Gasteiger partial charge on any atom is -0.409 e. The van der Waals surface area contributed by atoms with Crippen molar-refractivity contribution < 1.29 is 13.6 Å². The Morgan fingerprint density at radius 1 is 1.35 bits per heavy atom. The van der Waals surface area contributed by atoms with Crippen LogP contribution in [0, 0.1) is 0 Å². The lowest BCUT2D eigenvalue weighted by Gasteiger charge is -2.22. The predicted molar refractivity (Wildman–Crippen MR) is 65.0 cm³/mol. The number of nitrogens with two attached hydrogens (primary N) is 1. The van der Waals surface area contributed by atoms with E-state index in [2.05, 4.69) is 9.88 Å². The lowest BCUT2D eigenvalue weighted by molar-refractivity contribution is 0.315. The summed E-state index contributed by atoms with van der Waals surface area (Å²) in [7, 11) is -3.55. The van der Waals surface area contributed by atoms with Gasteiger partial charge in [-0.05, 0) is 19.8 Å². The van der Waals surface area contributed by atoms with E-state index in [-0.39, 0.29) is 5.84 Å². The first kappa shape index (κ1) is 14.2. The van der Waals surface area contributed by atoms with E-state index >= 15 is 0 Å². The highest BCUT2D eigenvalue weighted by molar-refractivity contribution is 7.87. The monoisotopic (exact) mass is 264 g/mol. The number of nitrogens with one attached hydrogen (secondary N) is 1. The molecular formula is C9H20N4O3S. The maximum atomic E-state index is 12.0. The number of hydrogen-bond donors (Lipinski definition) is 3. The van der Waals surface area contributed by atoms with E-state index in [1.54, 1.807) is 0 Å². The zero-order valence-electron chi connectivity index (χ0n) is 9.96. The molecule has 1 aliphatic heterocycles. The van der Waals surface area contributed by atoms with E-state index in [0.29, 0.717) is 13.1 Å². The molecule has 0 radical (unpaired) electrons. The molecule has 8 heteroatoms. The molecule has 0 aromatic rings. The van der Waals surface area contributed by atoms with Crippen LogP contribution >= 0.6 is 0 Å². The van der Waals surface area contributed by atoms with Crippen molar-refractivity contribution in [3.05, 3.63) is 0 Å². The third-order valence-electron chi connectivity index (χ3n) is 2.79. The summed E-state index contributed by atoms with van der Waals surface area (Å²) < 4.78 is 27.8. The topological polar surface area (TPSA) is 108 Å². The van der Waals surface area contributed by atoms with Gasteiger partial charge in [0.2, 0.25) is 0 Å². The maximum absolute atomic E-state index is 12.0. The quantitative estimate of drug-likeness (QED) is 0.283. The molecule has 100 valence electrons. The SMILES string of the molecule is CC(NS(=O)(=O)N1CCCCCC1)/C(N)=N/O. The van der Waals surface area contributed by atoms with Gasteiger partial charge in [-0.1, -0.05) is 18.0 Å². The Kier molecular flexibility index (Phi) is 5.16. The molecule has 17 heavy (non-hydrogen) atoms. The highest BCUT2D eigenvalue weighted by Gasteiger charge is 2.25. The smallest absolute Gasteiger partial charge is 0.280 e. The van der Waals surface area contributed by atoms with Crippen LogP contribution in [0.15, 0.2) is 5.16 Å². The molecule has 0 amide bonds. The van der Waals surface area contributed by atoms with E-state index in [1.807, 2.05) is 0 Å². The summed E-state index contributed by atoms with van der Waals surface area (Å²) in [4.78, 5) is 0. The van der Waals surface area contributed by atoms with Gasteiger partial charge in [0.05, 0.1) is 6.04 Å². The van der Waals surface area contributed by atoms with Crippen molar-refractivity contribution in [1.82, 2.24) is 9.03 Å². The first-order valence-corrected chi connectivity index (χ1v) is 7.16. The van der Waals surface area contributed by atoms with Gasteiger partial charge in [-0.25, -0.2) is 0 Å². The van der Waals surface area contributed by atoms with Gasteiger partial charge in [-0.2, -0.15) is 17.4 Å². The molecule has 1 saturated heterocycles. The van der Waals surface area contributed by atoms with Gasteiger partial charge >= 0.3 is 0 Å². The van der Waals surface area contributed by atoms with E-state index in [1.165, 1.54) is 11.2 Å². The molecule has 1 fully saturated rings. The van der Waals surface area contributed by atoms with Gasteiger partial charge < -0.3 is 10.9 Å². The maximum Gasteiger partial charge on any atom is 0.280 e. The average Bonchev–Trinajstić information content (AvgIpc) is 2.56. The fourth-order valence-electron chi connectivity index (χ4n) is 1.73. The Morgan fingerprint density at radius 2 is 1.88 bits per heavy atom. The third-order valence-corrected chi connectivity index (χ3v) is 4.49. The Balaban J connectivity index is 2.66. The van der Waals surface area contributed by atoms with Crippen molar-refractivity contribution in [2.75, 3.05) is 13.1 Å². The molecule has 1 heterocycles. The molecule has 1 atom stereocenters. The molecule has 0 bridgehead atoms. The summed E-state index contributed by atoms with van der Waals surface area (Å²) in [6.45, 7) is 2.58. The third kappa shape index (κ3) is 4.14. The summed E-state index contributed by atoms with van der Waals surface area (Å²) in [5.41, 5.74) is 5.34. The van der Waals surface area contributed by atoms with Gasteiger partial charge in [-0.15, -0.1) is 0 Å². The summed E-state index contributed by atoms with van der Waals surface area (Å²) in [6.07, 6.45) is 3.86. The summed E-state index contributed by atoms with van der Waals surface area (Å²) in [5, 5.41) is 11.3. The van der Waals surface area contributed by atoms with Crippen LogP contribution in [0.25, 0.3) is 0 Å². The molecule has 0 aromatic carbocycles. The Bertz CT molecular complexity index is 360. The lowest BCUT2D eigenvalue weighted by atomic mass is 10.2. The lowest BCUT2D eigenvalue weighted by Crippen LogP contribution is -2.49. The van der Waals surface area contributed by atoms with Crippen LogP contribution in [0.2, 0.25) is 0 Å². The number of rotatable bonds is 4. The first-order chi connectivity index (χ1) is 7.97. The zero-order chi connectivity index (χ0) is 12.9. The Hall–Kier alpha value is -0.860. The molecule has 7 nitrogen and oxygen atoms in total.